The minimum absolute atomic E-state index is 0.00113. The number of carbonyl (C=O) groups excluding carboxylic acids is 1. The van der Waals surface area contributed by atoms with Crippen LogP contribution in [0.2, 0.25) is 5.02 Å². The molecule has 20 heavy (non-hydrogen) atoms. The van der Waals surface area contributed by atoms with Crippen molar-refractivity contribution < 1.29 is 13.9 Å². The van der Waals surface area contributed by atoms with Crippen molar-refractivity contribution in [2.75, 3.05) is 6.61 Å². The Bertz CT molecular complexity index is 614. The quantitative estimate of drug-likeness (QED) is 0.791. The highest BCUT2D eigenvalue weighted by Gasteiger charge is 2.09. The Kier molecular flexibility index (Phi) is 5.15. The number of carbonyl (C=O) groups is 1. The minimum atomic E-state index is -0.395. The maximum atomic E-state index is 13.5. The van der Waals surface area contributed by atoms with Gasteiger partial charge in [0, 0.05) is 15.9 Å². The van der Waals surface area contributed by atoms with Gasteiger partial charge in [0.15, 0.2) is 5.78 Å². The standard InChI is InChI=1S/C15H11BrClFO2/c16-11-1-6-15(18)10(7-11)8-13(19)9-20-14-4-2-12(17)3-5-14/h1-7H,8-9H2. The van der Waals surface area contributed by atoms with Crippen molar-refractivity contribution in [1.82, 2.24) is 0 Å². The summed E-state index contributed by atoms with van der Waals surface area (Å²) in [6.07, 6.45) is -0.00113. The van der Waals surface area contributed by atoms with Gasteiger partial charge in [0.2, 0.25) is 0 Å². The van der Waals surface area contributed by atoms with Crippen molar-refractivity contribution in [2.45, 2.75) is 6.42 Å². The molecule has 0 aromatic heterocycles. The van der Waals surface area contributed by atoms with E-state index in [2.05, 4.69) is 15.9 Å². The topological polar surface area (TPSA) is 26.3 Å². The average Bonchev–Trinajstić information content (AvgIpc) is 2.42. The number of ketones is 1. The Morgan fingerprint density at radius 1 is 1.20 bits per heavy atom. The van der Waals surface area contributed by atoms with Gasteiger partial charge in [0.25, 0.3) is 0 Å². The number of Topliss-reactive ketones (excluding diaryl/α,β-unsaturated/α-hetero) is 1. The van der Waals surface area contributed by atoms with E-state index in [0.717, 1.165) is 4.47 Å². The summed E-state index contributed by atoms with van der Waals surface area (Å²) < 4.78 is 19.6. The first-order valence-electron chi connectivity index (χ1n) is 5.88. The van der Waals surface area contributed by atoms with E-state index in [9.17, 15) is 9.18 Å². The molecule has 0 radical (unpaired) electrons. The summed E-state index contributed by atoms with van der Waals surface area (Å²) >= 11 is 8.99. The maximum absolute atomic E-state index is 13.5. The van der Waals surface area contributed by atoms with Gasteiger partial charge in [-0.15, -0.1) is 0 Å². The van der Waals surface area contributed by atoms with Gasteiger partial charge >= 0.3 is 0 Å². The summed E-state index contributed by atoms with van der Waals surface area (Å²) in [6.45, 7) is -0.104. The summed E-state index contributed by atoms with van der Waals surface area (Å²) in [5, 5.41) is 0.597. The maximum Gasteiger partial charge on any atom is 0.174 e. The van der Waals surface area contributed by atoms with Crippen LogP contribution in [0.4, 0.5) is 4.39 Å². The largest absolute Gasteiger partial charge is 0.486 e. The van der Waals surface area contributed by atoms with Crippen LogP contribution in [0.25, 0.3) is 0 Å². The van der Waals surface area contributed by atoms with Crippen molar-refractivity contribution in [3.63, 3.8) is 0 Å². The molecule has 0 heterocycles. The van der Waals surface area contributed by atoms with Gasteiger partial charge in [-0.2, -0.15) is 0 Å². The van der Waals surface area contributed by atoms with Crippen molar-refractivity contribution in [3.05, 3.63) is 63.3 Å². The second-order valence-corrected chi connectivity index (χ2v) is 5.55. The summed E-state index contributed by atoms with van der Waals surface area (Å²) in [4.78, 5) is 11.8. The van der Waals surface area contributed by atoms with Crippen LogP contribution in [0.1, 0.15) is 5.56 Å². The van der Waals surface area contributed by atoms with Crippen molar-refractivity contribution >= 4 is 33.3 Å². The molecule has 0 spiro atoms. The summed E-state index contributed by atoms with van der Waals surface area (Å²) in [6, 6.07) is 11.2. The molecule has 0 amide bonds. The number of hydrogen-bond donors (Lipinski definition) is 0. The normalized spacial score (nSPS) is 10.3. The van der Waals surface area contributed by atoms with Gasteiger partial charge in [-0.3, -0.25) is 4.79 Å². The Morgan fingerprint density at radius 3 is 2.60 bits per heavy atom. The van der Waals surface area contributed by atoms with Crippen LogP contribution in [0, 0.1) is 5.82 Å². The second-order valence-electron chi connectivity index (χ2n) is 4.19. The summed E-state index contributed by atoms with van der Waals surface area (Å²) in [7, 11) is 0. The summed E-state index contributed by atoms with van der Waals surface area (Å²) in [5.74, 6) is -0.0394. The van der Waals surface area contributed by atoms with Gasteiger partial charge in [-0.1, -0.05) is 27.5 Å². The predicted octanol–water partition coefficient (Wildman–Crippen LogP) is 4.43. The third kappa shape index (κ3) is 4.32. The Labute approximate surface area is 129 Å². The monoisotopic (exact) mass is 356 g/mol. The molecule has 2 aromatic carbocycles. The zero-order valence-corrected chi connectivity index (χ0v) is 12.7. The van der Waals surface area contributed by atoms with Crippen LogP contribution in [0.3, 0.4) is 0 Å². The van der Waals surface area contributed by atoms with E-state index in [0.29, 0.717) is 16.3 Å². The van der Waals surface area contributed by atoms with Gasteiger partial charge in [-0.25, -0.2) is 4.39 Å². The Hall–Kier alpha value is -1.39. The van der Waals surface area contributed by atoms with Crippen LogP contribution in [0.15, 0.2) is 46.9 Å². The fourth-order valence-electron chi connectivity index (χ4n) is 1.64. The van der Waals surface area contributed by atoms with Crippen LogP contribution in [-0.2, 0) is 11.2 Å². The van der Waals surface area contributed by atoms with E-state index < -0.39 is 5.82 Å². The molecule has 0 atom stereocenters. The lowest BCUT2D eigenvalue weighted by Gasteiger charge is -2.06. The van der Waals surface area contributed by atoms with Crippen LogP contribution in [-0.4, -0.2) is 12.4 Å². The second kappa shape index (κ2) is 6.86. The lowest BCUT2D eigenvalue weighted by atomic mass is 10.1. The zero-order chi connectivity index (χ0) is 14.5. The lowest BCUT2D eigenvalue weighted by molar-refractivity contribution is -0.120. The molecule has 0 saturated heterocycles. The molecule has 0 fully saturated rings. The molecule has 0 saturated carbocycles. The van der Waals surface area contributed by atoms with E-state index in [1.54, 1.807) is 36.4 Å². The van der Waals surface area contributed by atoms with E-state index in [4.69, 9.17) is 16.3 Å². The number of benzene rings is 2. The molecule has 0 bridgehead atoms. The Morgan fingerprint density at radius 2 is 1.90 bits per heavy atom. The first-order chi connectivity index (χ1) is 9.54. The van der Waals surface area contributed by atoms with Crippen LogP contribution < -0.4 is 4.74 Å². The fraction of sp³-hybridized carbons (Fsp3) is 0.133. The highest BCUT2D eigenvalue weighted by atomic mass is 79.9. The molecular weight excluding hydrogens is 347 g/mol. The van der Waals surface area contributed by atoms with Gasteiger partial charge in [-0.05, 0) is 48.0 Å². The molecule has 0 aliphatic carbocycles. The molecule has 0 aliphatic rings. The molecule has 2 nitrogen and oxygen atoms in total. The summed E-state index contributed by atoms with van der Waals surface area (Å²) in [5.41, 5.74) is 0.351. The first kappa shape index (κ1) is 15.0. The zero-order valence-electron chi connectivity index (χ0n) is 10.4. The minimum Gasteiger partial charge on any atom is -0.486 e. The average molecular weight is 358 g/mol. The highest BCUT2D eigenvalue weighted by molar-refractivity contribution is 9.10. The third-order valence-corrected chi connectivity index (χ3v) is 3.35. The third-order valence-electron chi connectivity index (χ3n) is 2.61. The van der Waals surface area contributed by atoms with E-state index in [-0.39, 0.29) is 18.8 Å². The van der Waals surface area contributed by atoms with Crippen molar-refractivity contribution in [1.29, 1.82) is 0 Å². The molecule has 0 unspecified atom stereocenters. The molecule has 2 aromatic rings. The van der Waals surface area contributed by atoms with Gasteiger partial charge in [0.1, 0.15) is 18.2 Å². The molecule has 0 N–H and O–H groups in total. The number of halogens is 3. The van der Waals surface area contributed by atoms with Gasteiger partial charge < -0.3 is 4.74 Å². The van der Waals surface area contributed by atoms with Crippen molar-refractivity contribution in [2.24, 2.45) is 0 Å². The Balaban J connectivity index is 1.92. The smallest absolute Gasteiger partial charge is 0.174 e. The highest BCUT2D eigenvalue weighted by Crippen LogP contribution is 2.17. The predicted molar refractivity (Wildman–Crippen MR) is 79.8 cm³/mol. The number of rotatable bonds is 5. The van der Waals surface area contributed by atoms with E-state index >= 15 is 0 Å². The first-order valence-corrected chi connectivity index (χ1v) is 7.05. The van der Waals surface area contributed by atoms with Crippen LogP contribution in [0.5, 0.6) is 5.75 Å². The van der Waals surface area contributed by atoms with Gasteiger partial charge in [0.05, 0.1) is 0 Å². The number of hydrogen-bond acceptors (Lipinski definition) is 2. The van der Waals surface area contributed by atoms with E-state index in [1.165, 1.54) is 6.07 Å². The van der Waals surface area contributed by atoms with E-state index in [1.807, 2.05) is 0 Å². The van der Waals surface area contributed by atoms with Crippen LogP contribution >= 0.6 is 27.5 Å². The van der Waals surface area contributed by atoms with Crippen molar-refractivity contribution in [3.8, 4) is 5.75 Å². The molecular formula is C15H11BrClFO2. The lowest BCUT2D eigenvalue weighted by Crippen LogP contribution is -2.14. The molecule has 2 rings (SSSR count). The number of ether oxygens (including phenoxy) is 1. The SMILES string of the molecule is O=C(COc1ccc(Cl)cc1)Cc1cc(Br)ccc1F. The molecule has 5 heteroatoms. The molecule has 0 aliphatic heterocycles. The fourth-order valence-corrected chi connectivity index (χ4v) is 2.17. The molecule has 104 valence electrons.